The van der Waals surface area contributed by atoms with Crippen molar-refractivity contribution in [3.05, 3.63) is 60.5 Å². The van der Waals surface area contributed by atoms with Crippen molar-refractivity contribution in [3.63, 3.8) is 0 Å². The predicted octanol–water partition coefficient (Wildman–Crippen LogP) is 2.88. The molecule has 28 heavy (non-hydrogen) atoms. The number of halogens is 2. The van der Waals surface area contributed by atoms with E-state index in [1.807, 2.05) is 0 Å². The lowest BCUT2D eigenvalue weighted by Gasteiger charge is -2.12. The van der Waals surface area contributed by atoms with Gasteiger partial charge in [0.25, 0.3) is 15.6 Å². The van der Waals surface area contributed by atoms with Gasteiger partial charge in [-0.25, -0.2) is 18.2 Å². The second-order valence-electron chi connectivity index (χ2n) is 5.88. The van der Waals surface area contributed by atoms with Gasteiger partial charge in [-0.05, 0) is 47.1 Å². The van der Waals surface area contributed by atoms with Crippen LogP contribution in [0.5, 0.6) is 0 Å². The molecule has 2 heterocycles. The van der Waals surface area contributed by atoms with Crippen LogP contribution >= 0.6 is 27.5 Å². The van der Waals surface area contributed by atoms with Crippen LogP contribution in [0.4, 0.5) is 5.69 Å². The van der Waals surface area contributed by atoms with Gasteiger partial charge in [-0.15, -0.1) is 0 Å². The van der Waals surface area contributed by atoms with Gasteiger partial charge in [-0.2, -0.15) is 0 Å². The number of sulfonamides is 1. The van der Waals surface area contributed by atoms with Crippen LogP contribution in [-0.4, -0.2) is 23.4 Å². The molecule has 2 aromatic carbocycles. The van der Waals surface area contributed by atoms with E-state index < -0.39 is 21.3 Å². The summed E-state index contributed by atoms with van der Waals surface area (Å²) < 4.78 is 33.2. The molecule has 144 valence electrons. The van der Waals surface area contributed by atoms with Crippen molar-refractivity contribution in [1.29, 1.82) is 0 Å². The molecule has 0 radical (unpaired) electrons. The fraction of sp³-hybridized carbons (Fsp3) is 0.0625. The molecule has 0 unspecified atom stereocenters. The highest BCUT2D eigenvalue weighted by Gasteiger charge is 2.26. The summed E-state index contributed by atoms with van der Waals surface area (Å²) in [5.74, 6) is -0.314. The van der Waals surface area contributed by atoms with Crippen LogP contribution in [-0.2, 0) is 10.0 Å². The lowest BCUT2D eigenvalue weighted by molar-refractivity contribution is 0.554. The number of H-pyrrole nitrogens is 2. The highest BCUT2D eigenvalue weighted by atomic mass is 79.9. The number of rotatable bonds is 3. The number of hydrogen-bond acceptors (Lipinski definition) is 6. The molecule has 0 bridgehead atoms. The minimum atomic E-state index is -4.18. The van der Waals surface area contributed by atoms with Crippen LogP contribution in [0.25, 0.3) is 22.0 Å². The number of aromatic amines is 2. The number of nitrogens with one attached hydrogen (secondary N) is 3. The molecular weight excluding hydrogens is 476 g/mol. The third-order valence-electron chi connectivity index (χ3n) is 3.91. The Balaban J connectivity index is 1.84. The smallest absolute Gasteiger partial charge is 0.406 e. The standard InChI is InChI=1S/C16H10BrClN4O5S/c1-6-19-10-3-2-7(4-8(10)15(23)20-6)22-28(25,26)14-9(17)5-11-13(12(14)18)27-16(24)21-11/h2-5,22H,1H3,(H,21,24)(H,19,20,23). The molecule has 4 aromatic rings. The van der Waals surface area contributed by atoms with E-state index in [0.717, 1.165) is 0 Å². The fourth-order valence-electron chi connectivity index (χ4n) is 2.78. The molecule has 0 saturated heterocycles. The summed E-state index contributed by atoms with van der Waals surface area (Å²) in [6.07, 6.45) is 0. The molecular formula is C16H10BrClN4O5S. The number of nitrogens with zero attached hydrogens (tertiary/aromatic N) is 1. The van der Waals surface area contributed by atoms with Gasteiger partial charge in [0.05, 0.1) is 16.4 Å². The summed E-state index contributed by atoms with van der Waals surface area (Å²) in [7, 11) is -4.18. The van der Waals surface area contributed by atoms with Crippen LogP contribution in [0.15, 0.2) is 47.6 Å². The second kappa shape index (κ2) is 6.47. The molecule has 0 amide bonds. The average molecular weight is 486 g/mol. The molecule has 12 heteroatoms. The summed E-state index contributed by atoms with van der Waals surface area (Å²) in [5, 5.41) is -0.0331. The molecule has 0 saturated carbocycles. The molecule has 2 aromatic heterocycles. The van der Waals surface area contributed by atoms with Gasteiger partial charge in [0.2, 0.25) is 0 Å². The van der Waals surface area contributed by atoms with Gasteiger partial charge in [0.15, 0.2) is 5.58 Å². The van der Waals surface area contributed by atoms with E-state index in [-0.39, 0.29) is 36.6 Å². The third-order valence-corrected chi connectivity index (χ3v) is 6.73. The minimum Gasteiger partial charge on any atom is -0.406 e. The molecule has 9 nitrogen and oxygen atoms in total. The molecule has 4 rings (SSSR count). The molecule has 0 fully saturated rings. The van der Waals surface area contributed by atoms with Crippen molar-refractivity contribution in [3.8, 4) is 0 Å². The van der Waals surface area contributed by atoms with Crippen LogP contribution in [0.2, 0.25) is 5.02 Å². The number of hydrogen-bond donors (Lipinski definition) is 3. The predicted molar refractivity (Wildman–Crippen MR) is 107 cm³/mol. The van der Waals surface area contributed by atoms with Crippen molar-refractivity contribution < 1.29 is 12.8 Å². The number of aryl methyl sites for hydroxylation is 1. The number of benzene rings is 2. The molecule has 3 N–H and O–H groups in total. The number of aromatic nitrogens is 3. The van der Waals surface area contributed by atoms with Gasteiger partial charge in [-0.3, -0.25) is 14.5 Å². The quantitative estimate of drug-likeness (QED) is 0.408. The molecule has 0 spiro atoms. The lowest BCUT2D eigenvalue weighted by atomic mass is 10.2. The maximum absolute atomic E-state index is 12.9. The Morgan fingerprint density at radius 3 is 2.71 bits per heavy atom. The Kier molecular flexibility index (Phi) is 4.32. The zero-order chi connectivity index (χ0) is 20.2. The Bertz CT molecular complexity index is 1490. The molecule has 0 atom stereocenters. The Hall–Kier alpha value is -2.63. The van der Waals surface area contributed by atoms with E-state index in [0.29, 0.717) is 11.3 Å². The molecule has 0 aliphatic heterocycles. The third kappa shape index (κ3) is 3.11. The lowest BCUT2D eigenvalue weighted by Crippen LogP contribution is -2.15. The maximum Gasteiger partial charge on any atom is 0.417 e. The van der Waals surface area contributed by atoms with Gasteiger partial charge < -0.3 is 9.40 Å². The molecule has 0 aliphatic rings. The first kappa shape index (κ1) is 18.7. The first-order valence-corrected chi connectivity index (χ1v) is 10.4. The summed E-state index contributed by atoms with van der Waals surface area (Å²) >= 11 is 9.34. The summed E-state index contributed by atoms with van der Waals surface area (Å²) in [5.41, 5.74) is 0.351. The normalized spacial score (nSPS) is 12.0. The van der Waals surface area contributed by atoms with E-state index in [2.05, 4.69) is 35.6 Å². The van der Waals surface area contributed by atoms with E-state index >= 15 is 0 Å². The SMILES string of the molecule is Cc1nc2ccc(NS(=O)(=O)c3c(Br)cc4[nH]c(=O)oc4c3Cl)cc2c(=O)[nH]1. The minimum absolute atomic E-state index is 0.0788. The maximum atomic E-state index is 12.9. The number of oxazole rings is 1. The molecule has 0 aliphatic carbocycles. The fourth-order valence-corrected chi connectivity index (χ4v) is 5.69. The summed E-state index contributed by atoms with van der Waals surface area (Å²) in [6.45, 7) is 1.65. The number of fused-ring (bicyclic) bond motifs is 2. The Morgan fingerprint density at radius 1 is 1.21 bits per heavy atom. The van der Waals surface area contributed by atoms with E-state index in [1.54, 1.807) is 6.92 Å². The van der Waals surface area contributed by atoms with Crippen molar-refractivity contribution in [1.82, 2.24) is 15.0 Å². The van der Waals surface area contributed by atoms with E-state index in [1.165, 1.54) is 24.3 Å². The largest absolute Gasteiger partial charge is 0.417 e. The van der Waals surface area contributed by atoms with E-state index in [4.69, 9.17) is 16.0 Å². The van der Waals surface area contributed by atoms with Crippen LogP contribution in [0.1, 0.15) is 5.82 Å². The van der Waals surface area contributed by atoms with Crippen molar-refractivity contribution >= 4 is 65.2 Å². The van der Waals surface area contributed by atoms with Crippen LogP contribution in [0, 0.1) is 6.92 Å². The van der Waals surface area contributed by atoms with Gasteiger partial charge >= 0.3 is 5.76 Å². The van der Waals surface area contributed by atoms with E-state index in [9.17, 15) is 18.0 Å². The van der Waals surface area contributed by atoms with Gasteiger partial charge in [0.1, 0.15) is 15.7 Å². The highest BCUT2D eigenvalue weighted by Crippen LogP contribution is 2.36. The Morgan fingerprint density at radius 2 is 1.96 bits per heavy atom. The van der Waals surface area contributed by atoms with Gasteiger partial charge in [-0.1, -0.05) is 11.6 Å². The summed E-state index contributed by atoms with van der Waals surface area (Å²) in [6, 6.07) is 5.75. The van der Waals surface area contributed by atoms with Crippen LogP contribution in [0.3, 0.4) is 0 Å². The zero-order valence-electron chi connectivity index (χ0n) is 14.0. The number of anilines is 1. The Labute approximate surface area is 169 Å². The zero-order valence-corrected chi connectivity index (χ0v) is 17.1. The van der Waals surface area contributed by atoms with Gasteiger partial charge in [0, 0.05) is 10.2 Å². The summed E-state index contributed by atoms with van der Waals surface area (Å²) in [4.78, 5) is 32.3. The first-order chi connectivity index (χ1) is 13.2. The topological polar surface area (TPSA) is 138 Å². The van der Waals surface area contributed by atoms with Crippen molar-refractivity contribution in [2.24, 2.45) is 0 Å². The highest BCUT2D eigenvalue weighted by molar-refractivity contribution is 9.10. The second-order valence-corrected chi connectivity index (χ2v) is 8.73. The monoisotopic (exact) mass is 484 g/mol. The average Bonchev–Trinajstić information content (AvgIpc) is 2.95. The first-order valence-electron chi connectivity index (χ1n) is 7.70. The van der Waals surface area contributed by atoms with Crippen LogP contribution < -0.4 is 16.0 Å². The van der Waals surface area contributed by atoms with Crippen molar-refractivity contribution in [2.45, 2.75) is 11.8 Å². The van der Waals surface area contributed by atoms with Crippen molar-refractivity contribution in [2.75, 3.05) is 4.72 Å².